The summed E-state index contributed by atoms with van der Waals surface area (Å²) in [6.45, 7) is 0.313. The van der Waals surface area contributed by atoms with Crippen molar-refractivity contribution in [3.63, 3.8) is 0 Å². The molecule has 2 heterocycles. The van der Waals surface area contributed by atoms with E-state index in [1.54, 1.807) is 30.1 Å². The van der Waals surface area contributed by atoms with Crippen molar-refractivity contribution >= 4 is 39.6 Å². The first-order chi connectivity index (χ1) is 13.0. The first kappa shape index (κ1) is 17.3. The normalized spacial score (nSPS) is 11.2. The Bertz CT molecular complexity index is 1190. The maximum absolute atomic E-state index is 12.7. The van der Waals surface area contributed by atoms with Crippen molar-refractivity contribution in [2.24, 2.45) is 0 Å². The van der Waals surface area contributed by atoms with Crippen LogP contribution < -0.4 is 5.56 Å². The highest BCUT2D eigenvalue weighted by Gasteiger charge is 2.16. The van der Waals surface area contributed by atoms with Crippen molar-refractivity contribution in [3.05, 3.63) is 75.8 Å². The Morgan fingerprint density at radius 3 is 2.70 bits per heavy atom. The summed E-state index contributed by atoms with van der Waals surface area (Å²) in [7, 11) is 1.69. The van der Waals surface area contributed by atoms with Gasteiger partial charge in [0.2, 0.25) is 11.5 Å². The Morgan fingerprint density at radius 1 is 1.19 bits per heavy atom. The smallest absolute Gasteiger partial charge is 0.297 e. The van der Waals surface area contributed by atoms with Crippen molar-refractivity contribution in [1.29, 1.82) is 0 Å². The van der Waals surface area contributed by atoms with Crippen molar-refractivity contribution in [2.75, 3.05) is 7.05 Å². The topological polar surface area (TPSA) is 68.3 Å². The molecule has 0 N–H and O–H groups in total. The van der Waals surface area contributed by atoms with Crippen LogP contribution in [-0.2, 0) is 17.9 Å². The van der Waals surface area contributed by atoms with Crippen LogP contribution in [-0.4, -0.2) is 27.4 Å². The van der Waals surface area contributed by atoms with E-state index in [2.05, 4.69) is 4.98 Å². The number of likely N-dealkylation sites (N-methyl/N-ethyl adjacent to an activating group) is 1. The highest BCUT2D eigenvalue weighted by molar-refractivity contribution is 6.30. The lowest BCUT2D eigenvalue weighted by Crippen LogP contribution is -2.33. The molecule has 0 aliphatic rings. The lowest BCUT2D eigenvalue weighted by atomic mass is 10.2. The third kappa shape index (κ3) is 3.31. The van der Waals surface area contributed by atoms with Crippen molar-refractivity contribution in [2.45, 2.75) is 13.1 Å². The number of carbonyl (C=O) groups is 1. The molecule has 0 saturated carbocycles. The molecule has 0 bridgehead atoms. The molecular weight excluding hydrogens is 366 g/mol. The number of furan rings is 1. The van der Waals surface area contributed by atoms with Gasteiger partial charge in [0.1, 0.15) is 17.6 Å². The molecule has 6 nitrogen and oxygen atoms in total. The summed E-state index contributed by atoms with van der Waals surface area (Å²) in [6.07, 6.45) is 1.39. The molecule has 2 aromatic heterocycles. The van der Waals surface area contributed by atoms with Crippen molar-refractivity contribution in [1.82, 2.24) is 14.5 Å². The molecule has 0 radical (unpaired) electrons. The average molecular weight is 382 g/mol. The minimum atomic E-state index is -0.371. The number of aromatic nitrogens is 2. The number of hydrogen-bond acceptors (Lipinski definition) is 4. The van der Waals surface area contributed by atoms with Crippen molar-refractivity contribution in [3.8, 4) is 0 Å². The Kier molecular flexibility index (Phi) is 4.41. The van der Waals surface area contributed by atoms with Gasteiger partial charge in [0, 0.05) is 24.0 Å². The molecule has 1 amide bonds. The third-order valence-corrected chi connectivity index (χ3v) is 4.67. The van der Waals surface area contributed by atoms with Crippen LogP contribution in [0.1, 0.15) is 5.56 Å². The second-order valence-electron chi connectivity index (χ2n) is 6.33. The van der Waals surface area contributed by atoms with Gasteiger partial charge in [0.05, 0.1) is 6.33 Å². The molecule has 0 spiro atoms. The fraction of sp³-hybridized carbons (Fsp3) is 0.150. The van der Waals surface area contributed by atoms with Gasteiger partial charge in [-0.25, -0.2) is 4.98 Å². The number of rotatable bonds is 4. The number of para-hydroxylation sites is 1. The largest absolute Gasteiger partial charge is 0.448 e. The maximum atomic E-state index is 12.7. The summed E-state index contributed by atoms with van der Waals surface area (Å²) in [5.41, 5.74) is 1.85. The van der Waals surface area contributed by atoms with Crippen LogP contribution in [0.15, 0.2) is 64.1 Å². The number of fused-ring (bicyclic) bond motifs is 3. The Balaban J connectivity index is 1.58. The first-order valence-electron chi connectivity index (χ1n) is 8.38. The quantitative estimate of drug-likeness (QED) is 0.543. The number of carbonyl (C=O) groups excluding carboxylic acids is 1. The fourth-order valence-electron chi connectivity index (χ4n) is 2.95. The third-order valence-electron chi connectivity index (χ3n) is 4.41. The molecule has 0 aliphatic heterocycles. The lowest BCUT2D eigenvalue weighted by molar-refractivity contribution is -0.131. The minimum Gasteiger partial charge on any atom is -0.448 e. The standard InChI is InChI=1S/C20H16ClN3O3/c1-23(10-13-6-8-14(21)9-7-13)17(25)11-24-12-22-18-15-4-2-3-5-16(15)27-19(18)20(24)26/h2-9,12H,10-11H2,1H3. The van der Waals surface area contributed by atoms with Crippen LogP contribution in [0.2, 0.25) is 5.02 Å². The molecule has 0 saturated heterocycles. The molecular formula is C20H16ClN3O3. The number of halogens is 1. The molecule has 2 aromatic carbocycles. The summed E-state index contributed by atoms with van der Waals surface area (Å²) in [6, 6.07) is 14.6. The SMILES string of the molecule is CN(Cc1ccc(Cl)cc1)C(=O)Cn1cnc2c(oc3ccccc32)c1=O. The van der Waals surface area contributed by atoms with E-state index in [9.17, 15) is 9.59 Å². The van der Waals surface area contributed by atoms with E-state index in [1.807, 2.05) is 30.3 Å². The van der Waals surface area contributed by atoms with Gasteiger partial charge < -0.3 is 9.32 Å². The van der Waals surface area contributed by atoms with Crippen LogP contribution in [0.4, 0.5) is 0 Å². The second kappa shape index (κ2) is 6.89. The monoisotopic (exact) mass is 381 g/mol. The maximum Gasteiger partial charge on any atom is 0.297 e. The van der Waals surface area contributed by atoms with Gasteiger partial charge in [-0.15, -0.1) is 0 Å². The van der Waals surface area contributed by atoms with Gasteiger partial charge in [-0.3, -0.25) is 14.2 Å². The second-order valence-corrected chi connectivity index (χ2v) is 6.77. The van der Waals surface area contributed by atoms with Gasteiger partial charge in [-0.1, -0.05) is 35.9 Å². The van der Waals surface area contributed by atoms with Crippen LogP contribution >= 0.6 is 11.6 Å². The first-order valence-corrected chi connectivity index (χ1v) is 8.76. The van der Waals surface area contributed by atoms with E-state index in [0.717, 1.165) is 10.9 Å². The zero-order valence-corrected chi connectivity index (χ0v) is 15.3. The molecule has 0 atom stereocenters. The summed E-state index contributed by atoms with van der Waals surface area (Å²) in [5.74, 6) is -0.204. The molecule has 0 aliphatic carbocycles. The summed E-state index contributed by atoms with van der Waals surface area (Å²) >= 11 is 5.88. The molecule has 4 aromatic rings. The molecule has 0 fully saturated rings. The average Bonchev–Trinajstić information content (AvgIpc) is 3.05. The predicted octanol–water partition coefficient (Wildman–Crippen LogP) is 3.45. The Morgan fingerprint density at radius 2 is 1.93 bits per heavy atom. The summed E-state index contributed by atoms with van der Waals surface area (Å²) in [4.78, 5) is 31.1. The number of nitrogens with zero attached hydrogens (tertiary/aromatic N) is 3. The zero-order chi connectivity index (χ0) is 19.0. The minimum absolute atomic E-state index is 0.108. The Hall–Kier alpha value is -3.12. The Labute approximate surface area is 159 Å². The van der Waals surface area contributed by atoms with Gasteiger partial charge in [0.25, 0.3) is 5.56 Å². The van der Waals surface area contributed by atoms with E-state index in [4.69, 9.17) is 16.0 Å². The summed E-state index contributed by atoms with van der Waals surface area (Å²) in [5, 5.41) is 1.42. The molecule has 136 valence electrons. The highest BCUT2D eigenvalue weighted by atomic mass is 35.5. The molecule has 27 heavy (non-hydrogen) atoms. The van der Waals surface area contributed by atoms with Crippen LogP contribution in [0.25, 0.3) is 22.1 Å². The van der Waals surface area contributed by atoms with E-state index < -0.39 is 0 Å². The molecule has 0 unspecified atom stereocenters. The van der Waals surface area contributed by atoms with Gasteiger partial charge >= 0.3 is 0 Å². The zero-order valence-electron chi connectivity index (χ0n) is 14.6. The molecule has 4 rings (SSSR count). The van der Waals surface area contributed by atoms with Crippen LogP contribution in [0.5, 0.6) is 0 Å². The number of benzene rings is 2. The van der Waals surface area contributed by atoms with Gasteiger partial charge in [-0.05, 0) is 29.8 Å². The van der Waals surface area contributed by atoms with Crippen molar-refractivity contribution < 1.29 is 9.21 Å². The predicted molar refractivity (Wildman–Crippen MR) is 104 cm³/mol. The van der Waals surface area contributed by atoms with E-state index in [-0.39, 0.29) is 23.6 Å². The van der Waals surface area contributed by atoms with E-state index >= 15 is 0 Å². The van der Waals surface area contributed by atoms with Gasteiger partial charge in [0.15, 0.2) is 0 Å². The summed E-state index contributed by atoms with van der Waals surface area (Å²) < 4.78 is 6.91. The number of amides is 1. The van der Waals surface area contributed by atoms with E-state index in [0.29, 0.717) is 22.7 Å². The van der Waals surface area contributed by atoms with Crippen LogP contribution in [0, 0.1) is 0 Å². The van der Waals surface area contributed by atoms with Gasteiger partial charge in [-0.2, -0.15) is 0 Å². The van der Waals surface area contributed by atoms with Crippen LogP contribution in [0.3, 0.4) is 0 Å². The fourth-order valence-corrected chi connectivity index (χ4v) is 3.07. The highest BCUT2D eigenvalue weighted by Crippen LogP contribution is 2.24. The lowest BCUT2D eigenvalue weighted by Gasteiger charge is -2.17. The van der Waals surface area contributed by atoms with E-state index in [1.165, 1.54) is 10.9 Å². The molecule has 7 heteroatoms. The number of hydrogen-bond donors (Lipinski definition) is 0.